The molecule has 3 heterocycles. The quantitative estimate of drug-likeness (QED) is 0.752. The van der Waals surface area contributed by atoms with Gasteiger partial charge in [-0.2, -0.15) is 5.10 Å². The van der Waals surface area contributed by atoms with Gasteiger partial charge in [0, 0.05) is 25.8 Å². The van der Waals surface area contributed by atoms with Crippen molar-refractivity contribution in [2.24, 2.45) is 5.92 Å². The van der Waals surface area contributed by atoms with Crippen molar-refractivity contribution in [2.75, 3.05) is 26.2 Å². The number of carbonyl (C=O) groups is 1. The average molecular weight is 422 g/mol. The average Bonchev–Trinajstić information content (AvgIpc) is 3.39. The maximum atomic E-state index is 13.1. The van der Waals surface area contributed by atoms with Crippen LogP contribution in [-0.2, 0) is 11.3 Å². The molecule has 0 bridgehead atoms. The van der Waals surface area contributed by atoms with E-state index in [2.05, 4.69) is 20.6 Å². The van der Waals surface area contributed by atoms with Crippen LogP contribution in [0.5, 0.6) is 0 Å². The lowest BCUT2D eigenvalue weighted by atomic mass is 9.97. The van der Waals surface area contributed by atoms with Crippen LogP contribution in [-0.4, -0.2) is 52.8 Å². The molecule has 2 aliphatic heterocycles. The molecule has 0 radical (unpaired) electrons. The van der Waals surface area contributed by atoms with E-state index in [1.54, 1.807) is 16.8 Å². The zero-order valence-corrected chi connectivity index (χ0v) is 17.3. The van der Waals surface area contributed by atoms with Crippen molar-refractivity contribution >= 4 is 18.3 Å². The molecular weight excluding hydrogens is 393 g/mol. The summed E-state index contributed by atoms with van der Waals surface area (Å²) in [5, 5.41) is 11.0. The molecule has 4 rings (SSSR count). The summed E-state index contributed by atoms with van der Waals surface area (Å²) in [6, 6.07) is 8.36. The Bertz CT molecular complexity index is 791. The van der Waals surface area contributed by atoms with E-state index in [9.17, 15) is 9.18 Å². The zero-order chi connectivity index (χ0) is 19.3. The minimum absolute atomic E-state index is 0. The van der Waals surface area contributed by atoms with Crippen molar-refractivity contribution in [1.29, 1.82) is 0 Å². The molecule has 2 saturated heterocycles. The smallest absolute Gasteiger partial charge is 0.237 e. The third kappa shape index (κ3) is 5.78. The predicted octanol–water partition coefficient (Wildman–Crippen LogP) is 2.51. The Morgan fingerprint density at radius 2 is 2.03 bits per heavy atom. The Kier molecular flexibility index (Phi) is 7.64. The second kappa shape index (κ2) is 10.2. The summed E-state index contributed by atoms with van der Waals surface area (Å²) in [4.78, 5) is 14.6. The predicted molar refractivity (Wildman–Crippen MR) is 113 cm³/mol. The number of rotatable bonds is 6. The Morgan fingerprint density at radius 1 is 1.21 bits per heavy atom. The number of benzene rings is 1. The summed E-state index contributed by atoms with van der Waals surface area (Å²) in [5.41, 5.74) is 1.86. The number of halogens is 2. The Hall–Kier alpha value is -1.96. The van der Waals surface area contributed by atoms with Gasteiger partial charge >= 0.3 is 0 Å². The van der Waals surface area contributed by atoms with Gasteiger partial charge in [-0.25, -0.2) is 9.07 Å². The van der Waals surface area contributed by atoms with Gasteiger partial charge in [-0.1, -0.05) is 0 Å². The lowest BCUT2D eigenvalue weighted by molar-refractivity contribution is -0.123. The summed E-state index contributed by atoms with van der Waals surface area (Å²) in [5.74, 6) is 0.386. The molecule has 158 valence electrons. The van der Waals surface area contributed by atoms with Gasteiger partial charge in [0.15, 0.2) is 0 Å². The van der Waals surface area contributed by atoms with Gasteiger partial charge in [0.2, 0.25) is 5.91 Å². The molecule has 0 aliphatic carbocycles. The molecule has 2 atom stereocenters. The highest BCUT2D eigenvalue weighted by Gasteiger charge is 2.25. The number of amides is 1. The van der Waals surface area contributed by atoms with Gasteiger partial charge in [0.1, 0.15) is 5.82 Å². The number of nitrogens with zero attached hydrogens (tertiary/aromatic N) is 3. The number of aromatic nitrogens is 2. The fraction of sp³-hybridized carbons (Fsp3) is 0.524. The molecule has 0 saturated carbocycles. The summed E-state index contributed by atoms with van der Waals surface area (Å²) >= 11 is 0. The molecule has 29 heavy (non-hydrogen) atoms. The minimum Gasteiger partial charge on any atom is -0.354 e. The molecule has 0 spiro atoms. The second-order valence-corrected chi connectivity index (χ2v) is 7.87. The normalized spacial score (nSPS) is 22.2. The number of piperidine rings is 1. The number of hydrogen-bond donors (Lipinski definition) is 2. The third-order valence-corrected chi connectivity index (χ3v) is 5.67. The SMILES string of the molecule is Cl.O=C(NCC1CCCN(Cc2ccn(-c3ccc(F)cc3)n2)C1)C1CCCN1. The zero-order valence-electron chi connectivity index (χ0n) is 16.5. The van der Waals surface area contributed by atoms with Crippen LogP contribution in [0.1, 0.15) is 31.4 Å². The van der Waals surface area contributed by atoms with Crippen LogP contribution in [0.15, 0.2) is 36.5 Å². The number of likely N-dealkylation sites (tertiary alicyclic amines) is 1. The first kappa shape index (κ1) is 21.7. The van der Waals surface area contributed by atoms with Crippen LogP contribution < -0.4 is 10.6 Å². The number of hydrogen-bond acceptors (Lipinski definition) is 4. The molecule has 2 aliphatic rings. The Labute approximate surface area is 177 Å². The van der Waals surface area contributed by atoms with E-state index in [-0.39, 0.29) is 30.2 Å². The highest BCUT2D eigenvalue weighted by Crippen LogP contribution is 2.18. The van der Waals surface area contributed by atoms with Crippen LogP contribution >= 0.6 is 12.4 Å². The monoisotopic (exact) mass is 421 g/mol. The van der Waals surface area contributed by atoms with Crippen LogP contribution in [0, 0.1) is 11.7 Å². The maximum Gasteiger partial charge on any atom is 0.237 e. The van der Waals surface area contributed by atoms with E-state index >= 15 is 0 Å². The molecule has 2 N–H and O–H groups in total. The van der Waals surface area contributed by atoms with Crippen molar-refractivity contribution in [2.45, 2.75) is 38.3 Å². The molecule has 1 aromatic heterocycles. The standard InChI is InChI=1S/C21H28FN5O.ClH/c22-17-5-7-19(8-6-17)27-12-9-18(25-27)15-26-11-2-3-16(14-26)13-24-21(28)20-4-1-10-23-20;/h5-9,12,16,20,23H,1-4,10-11,13-15H2,(H,24,28);1H. The van der Waals surface area contributed by atoms with E-state index < -0.39 is 0 Å². The van der Waals surface area contributed by atoms with E-state index in [4.69, 9.17) is 0 Å². The first-order valence-electron chi connectivity index (χ1n) is 10.2. The van der Waals surface area contributed by atoms with Gasteiger partial charge in [0.25, 0.3) is 0 Å². The topological polar surface area (TPSA) is 62.2 Å². The molecule has 1 aromatic carbocycles. The summed E-state index contributed by atoms with van der Waals surface area (Å²) in [7, 11) is 0. The van der Waals surface area contributed by atoms with Crippen LogP contribution in [0.4, 0.5) is 4.39 Å². The largest absolute Gasteiger partial charge is 0.354 e. The molecule has 8 heteroatoms. The summed E-state index contributed by atoms with van der Waals surface area (Å²) in [6.07, 6.45) is 6.23. The van der Waals surface area contributed by atoms with Gasteiger partial charge in [-0.3, -0.25) is 9.69 Å². The Balaban J connectivity index is 0.00000240. The van der Waals surface area contributed by atoms with E-state index in [1.165, 1.54) is 12.1 Å². The molecule has 6 nitrogen and oxygen atoms in total. The molecule has 1 amide bonds. The molecule has 2 aromatic rings. The van der Waals surface area contributed by atoms with Crippen molar-refractivity contribution in [3.8, 4) is 5.69 Å². The van der Waals surface area contributed by atoms with Gasteiger partial charge < -0.3 is 10.6 Å². The summed E-state index contributed by atoms with van der Waals surface area (Å²) < 4.78 is 14.9. The van der Waals surface area contributed by atoms with Crippen LogP contribution in [0.25, 0.3) is 5.69 Å². The van der Waals surface area contributed by atoms with E-state index in [0.717, 1.165) is 69.8 Å². The van der Waals surface area contributed by atoms with Crippen LogP contribution in [0.2, 0.25) is 0 Å². The molecule has 2 fully saturated rings. The van der Waals surface area contributed by atoms with E-state index in [1.807, 2.05) is 12.3 Å². The van der Waals surface area contributed by atoms with Crippen molar-refractivity contribution in [1.82, 2.24) is 25.3 Å². The summed E-state index contributed by atoms with van der Waals surface area (Å²) in [6.45, 7) is 4.51. The molecule has 2 unspecified atom stereocenters. The van der Waals surface area contributed by atoms with Gasteiger partial charge in [-0.15, -0.1) is 12.4 Å². The number of nitrogens with one attached hydrogen (secondary N) is 2. The Morgan fingerprint density at radius 3 is 2.79 bits per heavy atom. The van der Waals surface area contributed by atoms with Gasteiger partial charge in [-0.05, 0) is 75.0 Å². The first-order chi connectivity index (χ1) is 13.7. The van der Waals surface area contributed by atoms with Crippen molar-refractivity contribution in [3.63, 3.8) is 0 Å². The van der Waals surface area contributed by atoms with Crippen LogP contribution in [0.3, 0.4) is 0 Å². The highest BCUT2D eigenvalue weighted by atomic mass is 35.5. The maximum absolute atomic E-state index is 13.1. The first-order valence-corrected chi connectivity index (χ1v) is 10.2. The fourth-order valence-corrected chi connectivity index (χ4v) is 4.15. The highest BCUT2D eigenvalue weighted by molar-refractivity contribution is 5.85. The van der Waals surface area contributed by atoms with Crippen molar-refractivity contribution < 1.29 is 9.18 Å². The lowest BCUT2D eigenvalue weighted by Gasteiger charge is -2.32. The third-order valence-electron chi connectivity index (χ3n) is 5.67. The minimum atomic E-state index is -0.244. The second-order valence-electron chi connectivity index (χ2n) is 7.87. The lowest BCUT2D eigenvalue weighted by Crippen LogP contribution is -2.45. The number of carbonyl (C=O) groups excluding carboxylic acids is 1. The van der Waals surface area contributed by atoms with Gasteiger partial charge in [0.05, 0.1) is 17.4 Å². The van der Waals surface area contributed by atoms with E-state index in [0.29, 0.717) is 5.92 Å². The molecular formula is C21H29ClFN5O. The van der Waals surface area contributed by atoms with Crippen molar-refractivity contribution in [3.05, 3.63) is 48.0 Å². The fourth-order valence-electron chi connectivity index (χ4n) is 4.15.